The molecular weight excluding hydrogens is 394 g/mol. The molecule has 134 valence electrons. The van der Waals surface area contributed by atoms with Crippen LogP contribution in [-0.2, 0) is 16.8 Å². The van der Waals surface area contributed by atoms with Crippen molar-refractivity contribution < 1.29 is 9.53 Å². The van der Waals surface area contributed by atoms with Crippen LogP contribution in [0.1, 0.15) is 42.4 Å². The first-order valence-electron chi connectivity index (χ1n) is 8.26. The van der Waals surface area contributed by atoms with Gasteiger partial charge in [0.15, 0.2) is 0 Å². The number of hydrogen-bond donors (Lipinski definition) is 0. The molecule has 0 bridgehead atoms. The average Bonchev–Trinajstić information content (AvgIpc) is 3.09. The molecule has 0 spiro atoms. The van der Waals surface area contributed by atoms with Gasteiger partial charge in [-0.1, -0.05) is 48.8 Å². The molecule has 0 aliphatic rings. The summed E-state index contributed by atoms with van der Waals surface area (Å²) in [4.78, 5) is 16.7. The third-order valence-corrected chi connectivity index (χ3v) is 4.35. The Bertz CT molecular complexity index is 911. The van der Waals surface area contributed by atoms with E-state index in [1.807, 2.05) is 36.4 Å². The minimum Gasteiger partial charge on any atom is -0.457 e. The number of pyridine rings is 1. The lowest BCUT2D eigenvalue weighted by atomic mass is 9.91. The highest BCUT2D eigenvalue weighted by Gasteiger charge is 2.15. The van der Waals surface area contributed by atoms with E-state index >= 15 is 0 Å². The van der Waals surface area contributed by atoms with Crippen molar-refractivity contribution in [1.82, 2.24) is 14.8 Å². The number of benzene rings is 1. The van der Waals surface area contributed by atoms with E-state index in [2.05, 4.69) is 46.8 Å². The molecule has 3 aromatic rings. The van der Waals surface area contributed by atoms with E-state index in [0.717, 1.165) is 21.4 Å². The number of carbonyl (C=O) groups excluding carboxylic acids is 1. The van der Waals surface area contributed by atoms with Crippen LogP contribution in [-0.4, -0.2) is 20.7 Å². The zero-order valence-corrected chi connectivity index (χ0v) is 16.5. The molecule has 0 aliphatic heterocycles. The van der Waals surface area contributed by atoms with Crippen LogP contribution in [0.15, 0.2) is 59.5 Å². The van der Waals surface area contributed by atoms with Gasteiger partial charge in [0.2, 0.25) is 0 Å². The third kappa shape index (κ3) is 4.38. The number of halogens is 1. The molecule has 0 N–H and O–H groups in total. The largest absolute Gasteiger partial charge is 0.457 e. The van der Waals surface area contributed by atoms with Gasteiger partial charge in [0.05, 0.1) is 17.4 Å². The van der Waals surface area contributed by atoms with Crippen molar-refractivity contribution in [3.8, 4) is 5.69 Å². The molecular formula is C20H20BrN3O2. The molecule has 0 fully saturated rings. The Labute approximate surface area is 161 Å². The van der Waals surface area contributed by atoms with Gasteiger partial charge in [-0.3, -0.25) is 4.98 Å². The van der Waals surface area contributed by atoms with Crippen molar-refractivity contribution in [2.24, 2.45) is 0 Å². The molecule has 26 heavy (non-hydrogen) atoms. The summed E-state index contributed by atoms with van der Waals surface area (Å²) in [5.41, 5.74) is 3.12. The molecule has 5 nitrogen and oxygen atoms in total. The predicted molar refractivity (Wildman–Crippen MR) is 103 cm³/mol. The Balaban J connectivity index is 1.64. The second-order valence-electron chi connectivity index (χ2n) is 7.03. The van der Waals surface area contributed by atoms with E-state index in [-0.39, 0.29) is 12.0 Å². The van der Waals surface area contributed by atoms with Gasteiger partial charge in [-0.15, -0.1) is 0 Å². The van der Waals surface area contributed by atoms with Gasteiger partial charge < -0.3 is 4.74 Å². The summed E-state index contributed by atoms with van der Waals surface area (Å²) in [7, 11) is 0. The Morgan fingerprint density at radius 1 is 1.19 bits per heavy atom. The summed E-state index contributed by atoms with van der Waals surface area (Å²) >= 11 is 3.42. The second kappa shape index (κ2) is 7.41. The predicted octanol–water partition coefficient (Wildman–Crippen LogP) is 4.68. The van der Waals surface area contributed by atoms with Crippen LogP contribution in [0.3, 0.4) is 0 Å². The molecule has 0 aliphatic carbocycles. The quantitative estimate of drug-likeness (QED) is 0.582. The number of aromatic nitrogens is 3. The van der Waals surface area contributed by atoms with Crippen LogP contribution in [0.4, 0.5) is 0 Å². The summed E-state index contributed by atoms with van der Waals surface area (Å²) in [5.74, 6) is -0.411. The monoisotopic (exact) mass is 413 g/mol. The van der Waals surface area contributed by atoms with Gasteiger partial charge in [0.25, 0.3) is 0 Å². The maximum Gasteiger partial charge on any atom is 0.341 e. The molecule has 6 heteroatoms. The van der Waals surface area contributed by atoms with Gasteiger partial charge in [-0.25, -0.2) is 9.48 Å². The number of rotatable bonds is 4. The van der Waals surface area contributed by atoms with Gasteiger partial charge in [0, 0.05) is 33.5 Å². The van der Waals surface area contributed by atoms with Crippen molar-refractivity contribution in [2.45, 2.75) is 32.8 Å². The first-order chi connectivity index (χ1) is 12.3. The summed E-state index contributed by atoms with van der Waals surface area (Å²) in [5, 5.41) is 4.22. The molecule has 2 aromatic heterocycles. The molecule has 1 aromatic carbocycles. The number of hydrogen-bond acceptors (Lipinski definition) is 4. The summed E-state index contributed by atoms with van der Waals surface area (Å²) in [6.07, 6.45) is 4.91. The van der Waals surface area contributed by atoms with Crippen molar-refractivity contribution in [2.75, 3.05) is 0 Å². The van der Waals surface area contributed by atoms with Crippen LogP contribution >= 0.6 is 15.9 Å². The average molecular weight is 414 g/mol. The number of ether oxygens (including phenoxy) is 1. The molecule has 0 atom stereocenters. The van der Waals surface area contributed by atoms with E-state index in [1.165, 1.54) is 6.20 Å². The first-order valence-corrected chi connectivity index (χ1v) is 9.05. The van der Waals surface area contributed by atoms with Crippen LogP contribution in [0.25, 0.3) is 5.69 Å². The molecule has 0 amide bonds. The molecule has 0 saturated carbocycles. The summed E-state index contributed by atoms with van der Waals surface area (Å²) in [6.45, 7) is 6.51. The number of nitrogens with zero attached hydrogens (tertiary/aromatic N) is 3. The molecule has 2 heterocycles. The Morgan fingerprint density at radius 3 is 2.65 bits per heavy atom. The summed E-state index contributed by atoms with van der Waals surface area (Å²) in [6, 6.07) is 11.6. The Hall–Kier alpha value is -2.47. The van der Waals surface area contributed by atoms with Crippen LogP contribution in [0, 0.1) is 0 Å². The van der Waals surface area contributed by atoms with E-state index in [1.54, 1.807) is 17.1 Å². The SMILES string of the molecule is CC(C)(C)c1ccc(COC(=O)c2cnn(-c3cccc(Br)c3)c2)cn1. The minimum absolute atomic E-state index is 0.00375. The highest BCUT2D eigenvalue weighted by atomic mass is 79.9. The smallest absolute Gasteiger partial charge is 0.341 e. The van der Waals surface area contributed by atoms with Gasteiger partial charge in [-0.05, 0) is 24.3 Å². The molecule has 0 unspecified atom stereocenters. The fourth-order valence-electron chi connectivity index (χ4n) is 2.37. The zero-order valence-electron chi connectivity index (χ0n) is 14.9. The second-order valence-corrected chi connectivity index (χ2v) is 7.95. The normalized spacial score (nSPS) is 11.4. The van der Waals surface area contributed by atoms with Crippen LogP contribution in [0.2, 0.25) is 0 Å². The zero-order chi connectivity index (χ0) is 18.7. The molecule has 0 radical (unpaired) electrons. The van der Waals surface area contributed by atoms with E-state index in [4.69, 9.17) is 4.74 Å². The van der Waals surface area contributed by atoms with Gasteiger partial charge in [-0.2, -0.15) is 5.10 Å². The first kappa shape index (κ1) is 18.3. The van der Waals surface area contributed by atoms with E-state index in [0.29, 0.717) is 5.56 Å². The lowest BCUT2D eigenvalue weighted by molar-refractivity contribution is 0.0472. The van der Waals surface area contributed by atoms with Crippen LogP contribution in [0.5, 0.6) is 0 Å². The lowest BCUT2D eigenvalue weighted by Crippen LogP contribution is -2.13. The minimum atomic E-state index is -0.411. The number of carbonyl (C=O) groups is 1. The number of esters is 1. The fraction of sp³-hybridized carbons (Fsp3) is 0.250. The fourth-order valence-corrected chi connectivity index (χ4v) is 2.76. The Morgan fingerprint density at radius 2 is 2.00 bits per heavy atom. The maximum absolute atomic E-state index is 12.3. The van der Waals surface area contributed by atoms with Crippen molar-refractivity contribution >= 4 is 21.9 Å². The van der Waals surface area contributed by atoms with Crippen molar-refractivity contribution in [1.29, 1.82) is 0 Å². The standard InChI is InChI=1S/C20H20BrN3O2/c1-20(2,3)18-8-7-14(10-22-18)13-26-19(25)15-11-23-24(12-15)17-6-4-5-16(21)9-17/h4-12H,13H2,1-3H3. The molecule has 3 rings (SSSR count). The van der Waals surface area contributed by atoms with Gasteiger partial charge in [0.1, 0.15) is 6.61 Å². The lowest BCUT2D eigenvalue weighted by Gasteiger charge is -2.17. The summed E-state index contributed by atoms with van der Waals surface area (Å²) < 4.78 is 7.96. The van der Waals surface area contributed by atoms with Gasteiger partial charge >= 0.3 is 5.97 Å². The Kier molecular flexibility index (Phi) is 5.23. The maximum atomic E-state index is 12.3. The van der Waals surface area contributed by atoms with E-state index in [9.17, 15) is 4.79 Å². The third-order valence-electron chi connectivity index (χ3n) is 3.85. The topological polar surface area (TPSA) is 57.0 Å². The van der Waals surface area contributed by atoms with Crippen molar-refractivity contribution in [3.05, 3.63) is 76.3 Å². The van der Waals surface area contributed by atoms with E-state index < -0.39 is 5.97 Å². The highest BCUT2D eigenvalue weighted by Crippen LogP contribution is 2.20. The van der Waals surface area contributed by atoms with Crippen molar-refractivity contribution in [3.63, 3.8) is 0 Å². The molecule has 0 saturated heterocycles. The van der Waals surface area contributed by atoms with Crippen LogP contribution < -0.4 is 0 Å². The highest BCUT2D eigenvalue weighted by molar-refractivity contribution is 9.10.